The van der Waals surface area contributed by atoms with Gasteiger partial charge in [-0.05, 0) is 26.4 Å². The number of thioether (sulfide) groups is 1. The van der Waals surface area contributed by atoms with Crippen molar-refractivity contribution in [2.45, 2.75) is 31.8 Å². The Morgan fingerprint density at radius 3 is 2.24 bits per heavy atom. The average Bonchev–Trinajstić information content (AvgIpc) is 2.31. The van der Waals surface area contributed by atoms with Crippen molar-refractivity contribution in [3.63, 3.8) is 0 Å². The number of halogens is 3. The molecule has 0 radical (unpaired) electrons. The van der Waals surface area contributed by atoms with Crippen LogP contribution in [0.3, 0.4) is 0 Å². The van der Waals surface area contributed by atoms with E-state index in [2.05, 4.69) is 0 Å². The summed E-state index contributed by atoms with van der Waals surface area (Å²) < 4.78 is 36.2. The van der Waals surface area contributed by atoms with Crippen molar-refractivity contribution in [3.05, 3.63) is 0 Å². The van der Waals surface area contributed by atoms with Crippen LogP contribution in [0.25, 0.3) is 0 Å². The molecule has 21 heavy (non-hydrogen) atoms. The topological polar surface area (TPSA) is 49.6 Å². The summed E-state index contributed by atoms with van der Waals surface area (Å²) in [7, 11) is 3.80. The van der Waals surface area contributed by atoms with Crippen LogP contribution in [0.4, 0.5) is 13.2 Å². The first-order valence-electron chi connectivity index (χ1n) is 6.92. The summed E-state index contributed by atoms with van der Waals surface area (Å²) in [6.45, 7) is 5.77. The minimum Gasteiger partial charge on any atom is -0.340 e. The van der Waals surface area contributed by atoms with Crippen molar-refractivity contribution in [2.24, 2.45) is 11.7 Å². The average molecular weight is 329 g/mol. The Labute approximate surface area is 129 Å². The molecule has 0 aliphatic heterocycles. The first kappa shape index (κ1) is 20.5. The monoisotopic (exact) mass is 329 g/mol. The lowest BCUT2D eigenvalue weighted by Crippen LogP contribution is -2.47. The van der Waals surface area contributed by atoms with Crippen molar-refractivity contribution in [3.8, 4) is 0 Å². The number of likely N-dealkylation sites (N-methyl/N-ethyl adjacent to an activating group) is 1. The van der Waals surface area contributed by atoms with E-state index in [1.165, 1.54) is 0 Å². The highest BCUT2D eigenvalue weighted by molar-refractivity contribution is 8.00. The van der Waals surface area contributed by atoms with E-state index >= 15 is 0 Å². The number of rotatable bonds is 9. The van der Waals surface area contributed by atoms with E-state index in [0.717, 1.165) is 0 Å². The Balaban J connectivity index is 4.41. The molecule has 0 rings (SSSR count). The van der Waals surface area contributed by atoms with E-state index in [1.54, 1.807) is 4.90 Å². The summed E-state index contributed by atoms with van der Waals surface area (Å²) in [5.74, 6) is -0.180. The quantitative estimate of drug-likeness (QED) is 0.703. The molecule has 0 aromatic carbocycles. The lowest BCUT2D eigenvalue weighted by molar-refractivity contribution is -0.133. The van der Waals surface area contributed by atoms with Gasteiger partial charge < -0.3 is 15.5 Å². The molecule has 0 aromatic heterocycles. The van der Waals surface area contributed by atoms with Gasteiger partial charge in [-0.2, -0.15) is 13.2 Å². The van der Waals surface area contributed by atoms with Crippen LogP contribution in [0, 0.1) is 5.92 Å². The molecule has 2 N–H and O–H groups in total. The van der Waals surface area contributed by atoms with Gasteiger partial charge in [0.2, 0.25) is 5.91 Å². The zero-order valence-electron chi connectivity index (χ0n) is 13.1. The number of hydrogen-bond donors (Lipinski definition) is 1. The van der Waals surface area contributed by atoms with Gasteiger partial charge in [-0.25, -0.2) is 0 Å². The van der Waals surface area contributed by atoms with E-state index in [-0.39, 0.29) is 35.8 Å². The molecule has 0 aliphatic carbocycles. The molecule has 1 atom stereocenters. The predicted octanol–water partition coefficient (Wildman–Crippen LogP) is 2.00. The fraction of sp³-hybridized carbons (Fsp3) is 0.923. The Hall–Kier alpha value is -0.470. The van der Waals surface area contributed by atoms with Gasteiger partial charge in [0, 0.05) is 25.4 Å². The second-order valence-corrected chi connectivity index (χ2v) is 6.83. The van der Waals surface area contributed by atoms with E-state index in [1.807, 2.05) is 32.8 Å². The minimum absolute atomic E-state index is 0.0274. The maximum atomic E-state index is 12.2. The highest BCUT2D eigenvalue weighted by atomic mass is 32.2. The Morgan fingerprint density at radius 2 is 1.81 bits per heavy atom. The van der Waals surface area contributed by atoms with Crippen LogP contribution in [0.5, 0.6) is 0 Å². The largest absolute Gasteiger partial charge is 0.441 e. The van der Waals surface area contributed by atoms with Crippen molar-refractivity contribution in [1.29, 1.82) is 0 Å². The fourth-order valence-corrected chi connectivity index (χ4v) is 2.32. The minimum atomic E-state index is -4.27. The van der Waals surface area contributed by atoms with E-state index in [9.17, 15) is 18.0 Å². The van der Waals surface area contributed by atoms with Crippen molar-refractivity contribution in [2.75, 3.05) is 39.5 Å². The molecule has 0 aliphatic rings. The smallest absolute Gasteiger partial charge is 0.340 e. The van der Waals surface area contributed by atoms with Crippen LogP contribution in [0.15, 0.2) is 0 Å². The van der Waals surface area contributed by atoms with Gasteiger partial charge in [-0.15, -0.1) is 0 Å². The maximum absolute atomic E-state index is 12.2. The van der Waals surface area contributed by atoms with Crippen LogP contribution >= 0.6 is 11.8 Å². The zero-order valence-corrected chi connectivity index (χ0v) is 13.9. The molecule has 4 nitrogen and oxygen atoms in total. The number of alkyl halides is 3. The first-order chi connectivity index (χ1) is 9.53. The molecular formula is C13H26F3N3OS. The van der Waals surface area contributed by atoms with Crippen molar-refractivity contribution >= 4 is 17.7 Å². The van der Waals surface area contributed by atoms with Gasteiger partial charge in [0.05, 0.1) is 6.04 Å². The molecule has 1 unspecified atom stereocenters. The van der Waals surface area contributed by atoms with Gasteiger partial charge in [-0.3, -0.25) is 4.79 Å². The normalized spacial score (nSPS) is 13.8. The van der Waals surface area contributed by atoms with Gasteiger partial charge in [0.15, 0.2) is 0 Å². The molecule has 0 spiro atoms. The standard InChI is InChI=1S/C13H26F3N3OS/c1-10(2)9-19(7-6-18(3)4)12(20)11(17)5-8-21-13(14,15)16/h10-11H,5-9,17H2,1-4H3. The Morgan fingerprint density at radius 1 is 1.24 bits per heavy atom. The maximum Gasteiger partial charge on any atom is 0.441 e. The number of carbonyl (C=O) groups is 1. The molecule has 0 fully saturated rings. The first-order valence-corrected chi connectivity index (χ1v) is 7.91. The number of hydrogen-bond acceptors (Lipinski definition) is 4. The van der Waals surface area contributed by atoms with Gasteiger partial charge >= 0.3 is 5.51 Å². The molecule has 0 heterocycles. The molecule has 0 saturated heterocycles. The van der Waals surface area contributed by atoms with Gasteiger partial charge in [0.25, 0.3) is 0 Å². The lowest BCUT2D eigenvalue weighted by Gasteiger charge is -2.28. The fourth-order valence-electron chi connectivity index (χ4n) is 1.71. The molecule has 1 amide bonds. The summed E-state index contributed by atoms with van der Waals surface area (Å²) in [6.07, 6.45) is 0.0274. The lowest BCUT2D eigenvalue weighted by atomic mass is 10.1. The molecular weight excluding hydrogens is 303 g/mol. The predicted molar refractivity (Wildman–Crippen MR) is 81.1 cm³/mol. The van der Waals surface area contributed by atoms with Gasteiger partial charge in [0.1, 0.15) is 0 Å². The summed E-state index contributed by atoms with van der Waals surface area (Å²) >= 11 is -0.136. The Bertz CT molecular complexity index is 312. The van der Waals surface area contributed by atoms with E-state index < -0.39 is 11.6 Å². The molecule has 0 saturated carbocycles. The number of nitrogens with two attached hydrogens (primary N) is 1. The van der Waals surface area contributed by atoms with Crippen LogP contribution in [0.1, 0.15) is 20.3 Å². The van der Waals surface area contributed by atoms with Crippen molar-refractivity contribution < 1.29 is 18.0 Å². The third-order valence-electron chi connectivity index (χ3n) is 2.73. The molecule has 0 aromatic rings. The number of amides is 1. The highest BCUT2D eigenvalue weighted by Gasteiger charge is 2.29. The number of carbonyl (C=O) groups excluding carboxylic acids is 1. The highest BCUT2D eigenvalue weighted by Crippen LogP contribution is 2.30. The summed E-state index contributed by atoms with van der Waals surface area (Å²) in [5.41, 5.74) is 1.47. The summed E-state index contributed by atoms with van der Waals surface area (Å²) in [5, 5.41) is 0. The van der Waals surface area contributed by atoms with Crippen LogP contribution in [0.2, 0.25) is 0 Å². The summed E-state index contributed by atoms with van der Waals surface area (Å²) in [4.78, 5) is 15.8. The number of nitrogens with zero attached hydrogens (tertiary/aromatic N) is 2. The van der Waals surface area contributed by atoms with E-state index in [4.69, 9.17) is 5.73 Å². The van der Waals surface area contributed by atoms with Crippen LogP contribution < -0.4 is 5.73 Å². The third-order valence-corrected chi connectivity index (χ3v) is 3.49. The van der Waals surface area contributed by atoms with Crippen LogP contribution in [-0.4, -0.2) is 66.7 Å². The third kappa shape index (κ3) is 10.8. The van der Waals surface area contributed by atoms with E-state index in [0.29, 0.717) is 19.6 Å². The molecule has 8 heteroatoms. The molecule has 126 valence electrons. The van der Waals surface area contributed by atoms with Crippen LogP contribution in [-0.2, 0) is 4.79 Å². The summed E-state index contributed by atoms with van der Waals surface area (Å²) in [6, 6.07) is -0.874. The Kier molecular flexibility index (Phi) is 9.31. The van der Waals surface area contributed by atoms with Gasteiger partial charge in [-0.1, -0.05) is 25.6 Å². The SMILES string of the molecule is CC(C)CN(CCN(C)C)C(=O)C(N)CCSC(F)(F)F. The molecule has 0 bridgehead atoms. The second-order valence-electron chi connectivity index (χ2n) is 5.67. The van der Waals surface area contributed by atoms with Crippen molar-refractivity contribution in [1.82, 2.24) is 9.80 Å². The second kappa shape index (κ2) is 9.53. The zero-order chi connectivity index (χ0) is 16.6.